The second-order valence-electron chi connectivity index (χ2n) is 3.98. The van der Waals surface area contributed by atoms with Gasteiger partial charge in [0.1, 0.15) is 11.9 Å². The van der Waals surface area contributed by atoms with E-state index in [1.54, 1.807) is 0 Å². The molecule has 2 N–H and O–H groups in total. The highest BCUT2D eigenvalue weighted by molar-refractivity contribution is 6.05. The lowest BCUT2D eigenvalue weighted by Gasteiger charge is -2.18. The number of carbonyl (C=O) groups is 1. The molecule has 2 rings (SSSR count). The first-order valence-corrected chi connectivity index (χ1v) is 5.10. The molecule has 1 unspecified atom stereocenters. The lowest BCUT2D eigenvalue weighted by molar-refractivity contribution is -0.137. The van der Waals surface area contributed by atoms with Gasteiger partial charge in [-0.3, -0.25) is 10.7 Å². The van der Waals surface area contributed by atoms with Gasteiger partial charge in [-0.25, -0.2) is 4.79 Å². The van der Waals surface area contributed by atoms with Gasteiger partial charge < -0.3 is 4.90 Å². The third-order valence-corrected chi connectivity index (χ3v) is 2.78. The maximum absolute atomic E-state index is 12.4. The SMILES string of the molecule is CN1C(=O)NC(=N)C1c1ccc(C(F)(F)F)cc1. The lowest BCUT2D eigenvalue weighted by Crippen LogP contribution is -2.25. The van der Waals surface area contributed by atoms with Crippen LogP contribution in [0.4, 0.5) is 18.0 Å². The van der Waals surface area contributed by atoms with Crippen LogP contribution in [0.15, 0.2) is 24.3 Å². The molecule has 1 aromatic carbocycles. The standard InChI is InChI=1S/C11H10F3N3O/c1-17-8(9(15)16-10(17)18)6-2-4-7(5-3-6)11(12,13)14/h2-5,8H,1H3,(H2,15,16,18). The summed E-state index contributed by atoms with van der Waals surface area (Å²) in [7, 11) is 1.49. The number of likely N-dealkylation sites (N-methyl/N-ethyl adjacent to an activating group) is 1. The molecule has 96 valence electrons. The molecule has 1 fully saturated rings. The number of alkyl halides is 3. The number of nitrogens with zero attached hydrogens (tertiary/aromatic N) is 1. The van der Waals surface area contributed by atoms with E-state index >= 15 is 0 Å². The van der Waals surface area contributed by atoms with E-state index in [0.29, 0.717) is 5.56 Å². The Kier molecular flexibility index (Phi) is 2.76. The summed E-state index contributed by atoms with van der Waals surface area (Å²) in [6.07, 6.45) is -4.39. The maximum atomic E-state index is 12.4. The maximum Gasteiger partial charge on any atom is 0.416 e. The number of hydrogen-bond acceptors (Lipinski definition) is 2. The Balaban J connectivity index is 2.30. The van der Waals surface area contributed by atoms with Crippen molar-refractivity contribution >= 4 is 11.9 Å². The zero-order chi connectivity index (χ0) is 13.5. The van der Waals surface area contributed by atoms with Gasteiger partial charge in [0.2, 0.25) is 0 Å². The molecule has 0 aromatic heterocycles. The van der Waals surface area contributed by atoms with E-state index in [9.17, 15) is 18.0 Å². The zero-order valence-corrected chi connectivity index (χ0v) is 9.38. The third-order valence-electron chi connectivity index (χ3n) is 2.78. The first kappa shape index (κ1) is 12.4. The third kappa shape index (κ3) is 2.03. The summed E-state index contributed by atoms with van der Waals surface area (Å²) >= 11 is 0. The number of benzene rings is 1. The highest BCUT2D eigenvalue weighted by Gasteiger charge is 2.35. The summed E-state index contributed by atoms with van der Waals surface area (Å²) < 4.78 is 37.2. The van der Waals surface area contributed by atoms with Crippen LogP contribution in [0.5, 0.6) is 0 Å². The quantitative estimate of drug-likeness (QED) is 0.797. The Hall–Kier alpha value is -2.05. The molecule has 0 spiro atoms. The first-order chi connectivity index (χ1) is 8.30. The molecular weight excluding hydrogens is 247 g/mol. The summed E-state index contributed by atoms with van der Waals surface area (Å²) in [5.74, 6) is -0.0396. The fraction of sp³-hybridized carbons (Fsp3) is 0.273. The average molecular weight is 257 g/mol. The molecule has 7 heteroatoms. The molecule has 1 atom stereocenters. The number of rotatable bonds is 1. The van der Waals surface area contributed by atoms with Gasteiger partial charge >= 0.3 is 12.2 Å². The second-order valence-corrected chi connectivity index (χ2v) is 3.98. The van der Waals surface area contributed by atoms with E-state index in [1.165, 1.54) is 24.1 Å². The van der Waals surface area contributed by atoms with Crippen LogP contribution in [-0.4, -0.2) is 23.8 Å². The molecule has 1 aliphatic heterocycles. The molecule has 1 heterocycles. The van der Waals surface area contributed by atoms with Crippen molar-refractivity contribution in [1.82, 2.24) is 10.2 Å². The van der Waals surface area contributed by atoms with Crippen molar-refractivity contribution in [2.24, 2.45) is 0 Å². The van der Waals surface area contributed by atoms with E-state index in [2.05, 4.69) is 5.32 Å². The van der Waals surface area contributed by atoms with Gasteiger partial charge in [0, 0.05) is 7.05 Å². The molecule has 2 amide bonds. The number of carbonyl (C=O) groups excluding carboxylic acids is 1. The van der Waals surface area contributed by atoms with Crippen LogP contribution in [0.2, 0.25) is 0 Å². The Morgan fingerprint density at radius 2 is 1.83 bits per heavy atom. The summed E-state index contributed by atoms with van der Waals surface area (Å²) in [4.78, 5) is 12.6. The highest BCUT2D eigenvalue weighted by Crippen LogP contribution is 2.31. The van der Waals surface area contributed by atoms with Crippen LogP contribution >= 0.6 is 0 Å². The van der Waals surface area contributed by atoms with Gasteiger partial charge in [-0.1, -0.05) is 12.1 Å². The fourth-order valence-corrected chi connectivity index (χ4v) is 1.83. The number of hydrogen-bond donors (Lipinski definition) is 2. The van der Waals surface area contributed by atoms with Crippen LogP contribution in [0.25, 0.3) is 0 Å². The van der Waals surface area contributed by atoms with Crippen molar-refractivity contribution in [2.45, 2.75) is 12.2 Å². The van der Waals surface area contributed by atoms with Gasteiger partial charge in [0.15, 0.2) is 0 Å². The average Bonchev–Trinajstić information content (AvgIpc) is 2.52. The normalized spacial score (nSPS) is 20.2. The molecule has 4 nitrogen and oxygen atoms in total. The number of nitrogens with one attached hydrogen (secondary N) is 2. The lowest BCUT2D eigenvalue weighted by atomic mass is 10.0. The van der Waals surface area contributed by atoms with Crippen LogP contribution in [0, 0.1) is 5.41 Å². The second kappa shape index (κ2) is 4.01. The number of amidine groups is 1. The van der Waals surface area contributed by atoms with Gasteiger partial charge in [0.05, 0.1) is 5.56 Å². The topological polar surface area (TPSA) is 56.2 Å². The monoisotopic (exact) mass is 257 g/mol. The fourth-order valence-electron chi connectivity index (χ4n) is 1.83. The minimum absolute atomic E-state index is 0.0396. The van der Waals surface area contributed by atoms with Crippen LogP contribution in [0.1, 0.15) is 17.2 Å². The van der Waals surface area contributed by atoms with Crippen molar-refractivity contribution < 1.29 is 18.0 Å². The molecule has 18 heavy (non-hydrogen) atoms. The Morgan fingerprint density at radius 1 is 1.28 bits per heavy atom. The minimum Gasteiger partial charge on any atom is -0.313 e. The van der Waals surface area contributed by atoms with Crippen molar-refractivity contribution in [2.75, 3.05) is 7.05 Å². The molecule has 1 aliphatic rings. The summed E-state index contributed by atoms with van der Waals surface area (Å²) in [6, 6.07) is 3.35. The van der Waals surface area contributed by atoms with Gasteiger partial charge in [-0.15, -0.1) is 0 Å². The first-order valence-electron chi connectivity index (χ1n) is 5.10. The Bertz CT molecular complexity index is 495. The van der Waals surface area contributed by atoms with Gasteiger partial charge in [-0.05, 0) is 17.7 Å². The van der Waals surface area contributed by atoms with E-state index in [-0.39, 0.29) is 5.84 Å². The van der Waals surface area contributed by atoms with Crippen LogP contribution < -0.4 is 5.32 Å². The molecule has 1 aromatic rings. The van der Waals surface area contributed by atoms with Crippen molar-refractivity contribution in [3.8, 4) is 0 Å². The molecular formula is C11H10F3N3O. The zero-order valence-electron chi connectivity index (χ0n) is 9.38. The van der Waals surface area contributed by atoms with E-state index in [0.717, 1.165) is 12.1 Å². The highest BCUT2D eigenvalue weighted by atomic mass is 19.4. The summed E-state index contributed by atoms with van der Waals surface area (Å²) in [5, 5.41) is 9.89. The predicted octanol–water partition coefficient (Wildman–Crippen LogP) is 2.38. The Labute approximate surface area is 101 Å². The van der Waals surface area contributed by atoms with Gasteiger partial charge in [0.25, 0.3) is 0 Å². The molecule has 0 bridgehead atoms. The van der Waals surface area contributed by atoms with E-state index in [1.807, 2.05) is 0 Å². The van der Waals surface area contributed by atoms with E-state index in [4.69, 9.17) is 5.41 Å². The number of urea groups is 1. The van der Waals surface area contributed by atoms with Crippen LogP contribution in [-0.2, 0) is 6.18 Å². The van der Waals surface area contributed by atoms with E-state index < -0.39 is 23.8 Å². The molecule has 0 aliphatic carbocycles. The molecule has 1 saturated heterocycles. The number of halogens is 3. The largest absolute Gasteiger partial charge is 0.416 e. The van der Waals surface area contributed by atoms with Gasteiger partial charge in [-0.2, -0.15) is 13.2 Å². The summed E-state index contributed by atoms with van der Waals surface area (Å²) in [5.41, 5.74) is -0.286. The van der Waals surface area contributed by atoms with Crippen molar-refractivity contribution in [1.29, 1.82) is 5.41 Å². The van der Waals surface area contributed by atoms with Crippen molar-refractivity contribution in [3.63, 3.8) is 0 Å². The minimum atomic E-state index is -4.39. The summed E-state index contributed by atoms with van der Waals surface area (Å²) in [6.45, 7) is 0. The molecule has 0 radical (unpaired) electrons. The Morgan fingerprint density at radius 3 is 2.22 bits per heavy atom. The van der Waals surface area contributed by atoms with Crippen LogP contribution in [0.3, 0.4) is 0 Å². The number of amides is 2. The predicted molar refractivity (Wildman–Crippen MR) is 58.2 cm³/mol. The molecule has 0 saturated carbocycles. The smallest absolute Gasteiger partial charge is 0.313 e. The van der Waals surface area contributed by atoms with Crippen molar-refractivity contribution in [3.05, 3.63) is 35.4 Å².